The van der Waals surface area contributed by atoms with E-state index in [0.29, 0.717) is 5.75 Å². The average Bonchev–Trinajstić information content (AvgIpc) is 2.51. The largest absolute Gasteiger partial charge is 0.497 e. The Morgan fingerprint density at radius 2 is 1.87 bits per heavy atom. The number of methoxy groups -OCH3 is 1. The van der Waals surface area contributed by atoms with Gasteiger partial charge in [0.05, 0.1) is 7.11 Å². The fourth-order valence-corrected chi connectivity index (χ4v) is 1.49. The molecule has 0 heterocycles. The van der Waals surface area contributed by atoms with Gasteiger partial charge in [0.15, 0.2) is 5.36 Å². The van der Waals surface area contributed by atoms with E-state index in [0.717, 1.165) is 0 Å². The van der Waals surface area contributed by atoms with Crippen molar-refractivity contribution in [2.24, 2.45) is 5.16 Å². The lowest BCUT2D eigenvalue weighted by atomic mass is 10.2. The summed E-state index contributed by atoms with van der Waals surface area (Å²) in [5.74, 6) is 0.481. The van der Waals surface area contributed by atoms with E-state index in [2.05, 4.69) is 5.16 Å². The maximum atomic E-state index is 11.5. The van der Waals surface area contributed by atoms with E-state index < -0.39 is 16.2 Å². The van der Waals surface area contributed by atoms with Gasteiger partial charge in [-0.2, -0.15) is 0 Å². The number of hydrogen-bond donors (Lipinski definition) is 1. The van der Waals surface area contributed by atoms with Gasteiger partial charge in [0.1, 0.15) is 5.75 Å². The number of benzene rings is 1. The van der Waals surface area contributed by atoms with Crippen LogP contribution in [0, 0.1) is 0 Å². The van der Waals surface area contributed by atoms with Crippen molar-refractivity contribution in [2.75, 3.05) is 7.11 Å². The molecule has 5 nitrogen and oxygen atoms in total. The highest BCUT2D eigenvalue weighted by molar-refractivity contribution is 5.84. The van der Waals surface area contributed by atoms with Crippen LogP contribution in [0.15, 0.2) is 32.9 Å². The van der Waals surface area contributed by atoms with Crippen LogP contribution in [0.1, 0.15) is 0 Å². The van der Waals surface area contributed by atoms with Crippen LogP contribution in [0.5, 0.6) is 5.75 Å². The van der Waals surface area contributed by atoms with Crippen molar-refractivity contribution in [3.63, 3.8) is 0 Å². The number of ether oxygens (including phenoxy) is 1. The molecule has 2 aromatic carbocycles. The topological polar surface area (TPSA) is 76.0 Å². The Morgan fingerprint density at radius 3 is 2.47 bits per heavy atom. The molecule has 15 heavy (non-hydrogen) atoms. The monoisotopic (exact) mass is 205 g/mol. The second-order valence-electron chi connectivity index (χ2n) is 3.02. The van der Waals surface area contributed by atoms with Crippen molar-refractivity contribution in [2.45, 2.75) is 0 Å². The van der Waals surface area contributed by atoms with Crippen LogP contribution in [0.2, 0.25) is 0 Å². The predicted octanol–water partition coefficient (Wildman–Crippen LogP) is -0.266. The summed E-state index contributed by atoms with van der Waals surface area (Å²) >= 11 is 0. The van der Waals surface area contributed by atoms with E-state index in [4.69, 9.17) is 9.94 Å². The highest BCUT2D eigenvalue weighted by Crippen LogP contribution is 2.14. The summed E-state index contributed by atoms with van der Waals surface area (Å²) < 4.78 is 4.93. The van der Waals surface area contributed by atoms with E-state index in [1.807, 2.05) is 0 Å². The van der Waals surface area contributed by atoms with E-state index >= 15 is 0 Å². The molecule has 0 unspecified atom stereocenters. The van der Waals surface area contributed by atoms with Gasteiger partial charge in [-0.25, -0.2) is 0 Å². The van der Waals surface area contributed by atoms with Gasteiger partial charge in [0.2, 0.25) is 10.9 Å². The molecule has 0 bridgehead atoms. The second kappa shape index (κ2) is 3.20. The molecule has 0 fully saturated rings. The molecule has 0 saturated carbocycles. The lowest BCUT2D eigenvalue weighted by Crippen LogP contribution is -2.31. The molecule has 0 aliphatic rings. The van der Waals surface area contributed by atoms with Crippen molar-refractivity contribution in [1.29, 1.82) is 0 Å². The third kappa shape index (κ3) is 1.20. The number of hydrogen-bond acceptors (Lipinski definition) is 5. The summed E-state index contributed by atoms with van der Waals surface area (Å²) in [5, 5.41) is 11.2. The van der Waals surface area contributed by atoms with Crippen LogP contribution in [0.3, 0.4) is 0 Å². The van der Waals surface area contributed by atoms with Crippen LogP contribution in [-0.2, 0) is 0 Å². The third-order valence-corrected chi connectivity index (χ3v) is 2.25. The summed E-state index contributed by atoms with van der Waals surface area (Å²) in [5.41, 5.74) is -1.13. The summed E-state index contributed by atoms with van der Waals surface area (Å²) in [6.07, 6.45) is 0. The molecular formula is C10H7NO4. The van der Waals surface area contributed by atoms with Crippen molar-refractivity contribution in [1.82, 2.24) is 0 Å². The molecule has 2 aromatic rings. The Hall–Kier alpha value is -2.17. The SMILES string of the molecule is COc1ccc2c(=O)/c(=N/O)c(=O)c2c1. The molecule has 5 heteroatoms. The fraction of sp³-hybridized carbons (Fsp3) is 0.100. The summed E-state index contributed by atoms with van der Waals surface area (Å²) in [4.78, 5) is 23.0. The molecule has 0 atom stereocenters. The Labute approximate surface area is 83.5 Å². The molecule has 0 spiro atoms. The summed E-state index contributed by atoms with van der Waals surface area (Å²) in [6, 6.07) is 4.50. The minimum absolute atomic E-state index is 0.215. The summed E-state index contributed by atoms with van der Waals surface area (Å²) in [6.45, 7) is 0. The van der Waals surface area contributed by atoms with Gasteiger partial charge in [0, 0.05) is 10.8 Å². The van der Waals surface area contributed by atoms with Gasteiger partial charge in [-0.3, -0.25) is 9.59 Å². The van der Waals surface area contributed by atoms with Gasteiger partial charge >= 0.3 is 0 Å². The number of rotatable bonds is 1. The van der Waals surface area contributed by atoms with Gasteiger partial charge in [-0.15, -0.1) is 0 Å². The Bertz CT molecular complexity index is 665. The maximum absolute atomic E-state index is 11.5. The first-order valence-corrected chi connectivity index (χ1v) is 4.18. The average molecular weight is 205 g/mol. The van der Waals surface area contributed by atoms with Gasteiger partial charge in [-0.1, -0.05) is 5.16 Å². The second-order valence-corrected chi connectivity index (χ2v) is 3.02. The van der Waals surface area contributed by atoms with Gasteiger partial charge in [-0.05, 0) is 18.2 Å². The lowest BCUT2D eigenvalue weighted by molar-refractivity contribution is 0.301. The summed E-state index contributed by atoms with van der Waals surface area (Å²) in [7, 11) is 1.46. The minimum atomic E-state index is -0.573. The quantitative estimate of drug-likeness (QED) is 0.513. The normalized spacial score (nSPS) is 12.2. The van der Waals surface area contributed by atoms with Gasteiger partial charge in [0.25, 0.3) is 0 Å². The lowest BCUT2D eigenvalue weighted by Gasteiger charge is -1.96. The molecule has 0 saturated heterocycles. The van der Waals surface area contributed by atoms with Crippen LogP contribution in [-0.4, -0.2) is 12.3 Å². The smallest absolute Gasteiger partial charge is 0.219 e. The maximum Gasteiger partial charge on any atom is 0.219 e. The first-order valence-electron chi connectivity index (χ1n) is 4.18. The molecule has 0 amide bonds. The predicted molar refractivity (Wildman–Crippen MR) is 52.8 cm³/mol. The minimum Gasteiger partial charge on any atom is -0.497 e. The molecule has 2 rings (SSSR count). The number of fused-ring (bicyclic) bond motifs is 1. The number of nitrogens with zero attached hydrogens (tertiary/aromatic N) is 1. The third-order valence-electron chi connectivity index (χ3n) is 2.25. The van der Waals surface area contributed by atoms with E-state index in [1.165, 1.54) is 19.2 Å². The first kappa shape index (κ1) is 9.39. The van der Waals surface area contributed by atoms with Crippen molar-refractivity contribution < 1.29 is 9.94 Å². The first-order chi connectivity index (χ1) is 7.19. The van der Waals surface area contributed by atoms with Gasteiger partial charge < -0.3 is 9.94 Å². The molecule has 0 aliphatic heterocycles. The standard InChI is InChI=1S/C10H7NO4/c1-15-5-2-3-6-7(4-5)10(13)8(11-14)9(6)12/h2-4,14H,1H3/b11-8-. The van der Waals surface area contributed by atoms with E-state index in [-0.39, 0.29) is 10.8 Å². The molecule has 0 aromatic heterocycles. The van der Waals surface area contributed by atoms with E-state index in [1.54, 1.807) is 6.07 Å². The van der Waals surface area contributed by atoms with Crippen LogP contribution >= 0.6 is 0 Å². The van der Waals surface area contributed by atoms with Crippen molar-refractivity contribution in [3.05, 3.63) is 44.0 Å². The molecule has 76 valence electrons. The van der Waals surface area contributed by atoms with E-state index in [9.17, 15) is 9.59 Å². The highest BCUT2D eigenvalue weighted by Gasteiger charge is 2.11. The molecule has 0 radical (unpaired) electrons. The zero-order chi connectivity index (χ0) is 11.0. The van der Waals surface area contributed by atoms with Crippen LogP contribution in [0.4, 0.5) is 0 Å². The van der Waals surface area contributed by atoms with Crippen molar-refractivity contribution in [3.8, 4) is 5.75 Å². The van der Waals surface area contributed by atoms with Crippen LogP contribution in [0.25, 0.3) is 10.8 Å². The fourth-order valence-electron chi connectivity index (χ4n) is 1.49. The van der Waals surface area contributed by atoms with Crippen molar-refractivity contribution >= 4 is 10.8 Å². The zero-order valence-electron chi connectivity index (χ0n) is 7.85. The Balaban J connectivity index is 3.04. The highest BCUT2D eigenvalue weighted by atomic mass is 16.5. The molecule has 0 aliphatic carbocycles. The molecular weight excluding hydrogens is 198 g/mol. The Kier molecular flexibility index (Phi) is 2.00. The van der Waals surface area contributed by atoms with Crippen LogP contribution < -0.4 is 21.0 Å². The molecule has 1 N–H and O–H groups in total. The Morgan fingerprint density at radius 1 is 1.20 bits per heavy atom. The zero-order valence-corrected chi connectivity index (χ0v) is 7.85.